The highest BCUT2D eigenvalue weighted by Gasteiger charge is 2.22. The summed E-state index contributed by atoms with van der Waals surface area (Å²) < 4.78 is 27.1. The summed E-state index contributed by atoms with van der Waals surface area (Å²) in [5.74, 6) is -2.67. The van der Waals surface area contributed by atoms with Gasteiger partial charge in [-0.2, -0.15) is 0 Å². The van der Waals surface area contributed by atoms with Gasteiger partial charge in [0.1, 0.15) is 17.5 Å². The fraction of sp³-hybridized carbons (Fsp3) is 0.0769. The Morgan fingerprint density at radius 1 is 1.17 bits per heavy atom. The number of nitrogens with two attached hydrogens (primary N) is 1. The molecule has 2 aromatic rings. The zero-order valence-electron chi connectivity index (χ0n) is 9.58. The van der Waals surface area contributed by atoms with Crippen LogP contribution in [0.1, 0.15) is 21.5 Å². The van der Waals surface area contributed by atoms with Gasteiger partial charge in [-0.1, -0.05) is 6.07 Å². The lowest BCUT2D eigenvalue weighted by molar-refractivity contribution is 0.103. The van der Waals surface area contributed by atoms with Crippen molar-refractivity contribution in [3.63, 3.8) is 0 Å². The first-order valence-electron chi connectivity index (χ1n) is 5.22. The number of ketones is 1. The summed E-state index contributed by atoms with van der Waals surface area (Å²) in [5.41, 5.74) is 5.52. The lowest BCUT2D eigenvalue weighted by atomic mass is 9.99. The van der Waals surface area contributed by atoms with Gasteiger partial charge in [-0.3, -0.25) is 4.79 Å². The largest absolute Gasteiger partial charge is 0.383 e. The third kappa shape index (κ3) is 1.95. The monoisotopic (exact) mass is 248 g/mol. The molecule has 0 unspecified atom stereocenters. The first-order chi connectivity index (χ1) is 8.52. The predicted molar refractivity (Wildman–Crippen MR) is 63.2 cm³/mol. The van der Waals surface area contributed by atoms with Crippen LogP contribution in [0.25, 0.3) is 0 Å². The number of carbonyl (C=O) groups is 1. The van der Waals surface area contributed by atoms with Crippen molar-refractivity contribution in [3.05, 3.63) is 58.8 Å². The molecule has 0 atom stereocenters. The molecule has 0 aliphatic carbocycles. The van der Waals surface area contributed by atoms with Crippen LogP contribution in [0, 0.1) is 18.6 Å². The van der Waals surface area contributed by atoms with Crippen LogP contribution >= 0.6 is 0 Å². The van der Waals surface area contributed by atoms with Crippen molar-refractivity contribution in [2.45, 2.75) is 6.92 Å². The van der Waals surface area contributed by atoms with E-state index in [0.29, 0.717) is 5.56 Å². The van der Waals surface area contributed by atoms with E-state index in [-0.39, 0.29) is 11.4 Å². The van der Waals surface area contributed by atoms with Crippen molar-refractivity contribution >= 4 is 11.6 Å². The molecule has 5 heteroatoms. The van der Waals surface area contributed by atoms with Gasteiger partial charge >= 0.3 is 0 Å². The van der Waals surface area contributed by atoms with Gasteiger partial charge in [-0.05, 0) is 30.7 Å². The predicted octanol–water partition coefficient (Wildman–Crippen LogP) is 2.48. The molecular formula is C13H10F2N2O. The number of hydrogen-bond acceptors (Lipinski definition) is 3. The minimum absolute atomic E-state index is 0.0292. The number of pyridine rings is 1. The highest BCUT2D eigenvalue weighted by Crippen LogP contribution is 2.22. The van der Waals surface area contributed by atoms with Crippen molar-refractivity contribution in [1.29, 1.82) is 0 Å². The number of rotatable bonds is 2. The van der Waals surface area contributed by atoms with Gasteiger partial charge in [0, 0.05) is 6.20 Å². The van der Waals surface area contributed by atoms with E-state index in [1.807, 2.05) is 0 Å². The smallest absolute Gasteiger partial charge is 0.202 e. The highest BCUT2D eigenvalue weighted by molar-refractivity contribution is 6.12. The summed E-state index contributed by atoms with van der Waals surface area (Å²) >= 11 is 0. The fourth-order valence-electron chi connectivity index (χ4n) is 1.71. The van der Waals surface area contributed by atoms with Crippen LogP contribution in [0.4, 0.5) is 14.6 Å². The molecule has 2 rings (SSSR count). The van der Waals surface area contributed by atoms with E-state index in [4.69, 9.17) is 5.73 Å². The van der Waals surface area contributed by atoms with Crippen LogP contribution < -0.4 is 5.73 Å². The van der Waals surface area contributed by atoms with E-state index < -0.39 is 23.0 Å². The van der Waals surface area contributed by atoms with Crippen molar-refractivity contribution in [3.8, 4) is 0 Å². The number of carbonyl (C=O) groups excluding carboxylic acids is 1. The molecule has 0 fully saturated rings. The normalized spacial score (nSPS) is 10.4. The van der Waals surface area contributed by atoms with Crippen molar-refractivity contribution in [2.75, 3.05) is 5.73 Å². The Hall–Kier alpha value is -2.30. The van der Waals surface area contributed by atoms with Crippen LogP contribution in [-0.4, -0.2) is 10.8 Å². The Kier molecular flexibility index (Phi) is 3.06. The molecule has 1 aromatic heterocycles. The molecule has 0 spiro atoms. The highest BCUT2D eigenvalue weighted by atomic mass is 19.1. The number of halogens is 2. The number of hydrogen-bond donors (Lipinski definition) is 1. The Balaban J connectivity index is 2.63. The third-order valence-corrected chi connectivity index (χ3v) is 2.61. The average Bonchev–Trinajstić information content (AvgIpc) is 2.28. The Morgan fingerprint density at radius 3 is 2.33 bits per heavy atom. The number of nitrogens with zero attached hydrogens (tertiary/aromatic N) is 1. The molecule has 1 heterocycles. The average molecular weight is 248 g/mol. The van der Waals surface area contributed by atoms with E-state index in [1.165, 1.54) is 12.3 Å². The molecule has 1 aromatic carbocycles. The van der Waals surface area contributed by atoms with E-state index in [1.54, 1.807) is 13.0 Å². The fourth-order valence-corrected chi connectivity index (χ4v) is 1.71. The maximum absolute atomic E-state index is 13.5. The summed E-state index contributed by atoms with van der Waals surface area (Å²) in [6, 6.07) is 4.81. The van der Waals surface area contributed by atoms with Gasteiger partial charge in [0.2, 0.25) is 5.78 Å². The maximum Gasteiger partial charge on any atom is 0.202 e. The summed E-state index contributed by atoms with van der Waals surface area (Å²) in [6.07, 6.45) is 1.43. The molecule has 3 nitrogen and oxygen atoms in total. The third-order valence-electron chi connectivity index (χ3n) is 2.61. The van der Waals surface area contributed by atoms with Gasteiger partial charge in [0.15, 0.2) is 0 Å². The molecule has 0 amide bonds. The Bertz CT molecular complexity index is 532. The molecule has 0 saturated heterocycles. The molecule has 92 valence electrons. The molecule has 0 saturated carbocycles. The lowest BCUT2D eigenvalue weighted by Crippen LogP contribution is -2.12. The topological polar surface area (TPSA) is 56.0 Å². The summed E-state index contributed by atoms with van der Waals surface area (Å²) in [6.45, 7) is 1.63. The maximum atomic E-state index is 13.5. The SMILES string of the molecule is Cc1ccnc(N)c1C(=O)c1c(F)cccc1F. The van der Waals surface area contributed by atoms with Gasteiger partial charge < -0.3 is 5.73 Å². The molecular weight excluding hydrogens is 238 g/mol. The van der Waals surface area contributed by atoms with Crippen molar-refractivity contribution in [2.24, 2.45) is 0 Å². The number of nitrogen functional groups attached to an aromatic ring is 1. The number of anilines is 1. The van der Waals surface area contributed by atoms with Gasteiger partial charge in [-0.25, -0.2) is 13.8 Å². The number of aryl methyl sites for hydroxylation is 1. The van der Waals surface area contributed by atoms with Crippen LogP contribution in [0.3, 0.4) is 0 Å². The molecule has 0 radical (unpaired) electrons. The summed E-state index contributed by atoms with van der Waals surface area (Å²) in [4.78, 5) is 15.9. The van der Waals surface area contributed by atoms with E-state index in [9.17, 15) is 13.6 Å². The van der Waals surface area contributed by atoms with Crippen LogP contribution in [0.5, 0.6) is 0 Å². The standard InChI is InChI=1S/C13H10F2N2O/c1-7-5-6-17-13(16)10(7)12(18)11-8(14)3-2-4-9(11)15/h2-6H,1H3,(H2,16,17). The second-order valence-electron chi connectivity index (χ2n) is 3.81. The number of benzene rings is 1. The van der Waals surface area contributed by atoms with Gasteiger partial charge in [0.05, 0.1) is 11.1 Å². The molecule has 0 bridgehead atoms. The molecule has 2 N–H and O–H groups in total. The Morgan fingerprint density at radius 2 is 1.78 bits per heavy atom. The first-order valence-corrected chi connectivity index (χ1v) is 5.22. The zero-order valence-corrected chi connectivity index (χ0v) is 9.58. The molecule has 0 aliphatic rings. The molecule has 0 aliphatic heterocycles. The van der Waals surface area contributed by atoms with Crippen LogP contribution in [-0.2, 0) is 0 Å². The Labute approximate surface area is 102 Å². The second-order valence-corrected chi connectivity index (χ2v) is 3.81. The second kappa shape index (κ2) is 4.52. The van der Waals surface area contributed by atoms with Crippen LogP contribution in [0.15, 0.2) is 30.5 Å². The first kappa shape index (κ1) is 12.2. The number of aromatic nitrogens is 1. The quantitative estimate of drug-likeness (QED) is 0.830. The molecule has 18 heavy (non-hydrogen) atoms. The van der Waals surface area contributed by atoms with E-state index in [2.05, 4.69) is 4.98 Å². The van der Waals surface area contributed by atoms with E-state index >= 15 is 0 Å². The summed E-state index contributed by atoms with van der Waals surface area (Å²) in [5, 5.41) is 0. The van der Waals surface area contributed by atoms with Gasteiger partial charge in [0.25, 0.3) is 0 Å². The van der Waals surface area contributed by atoms with Gasteiger partial charge in [-0.15, -0.1) is 0 Å². The van der Waals surface area contributed by atoms with Crippen molar-refractivity contribution < 1.29 is 13.6 Å². The zero-order chi connectivity index (χ0) is 13.3. The van der Waals surface area contributed by atoms with E-state index in [0.717, 1.165) is 12.1 Å². The van der Waals surface area contributed by atoms with Crippen molar-refractivity contribution in [1.82, 2.24) is 4.98 Å². The minimum Gasteiger partial charge on any atom is -0.383 e. The lowest BCUT2D eigenvalue weighted by Gasteiger charge is -2.08. The summed E-state index contributed by atoms with van der Waals surface area (Å²) in [7, 11) is 0. The van der Waals surface area contributed by atoms with Crippen LogP contribution in [0.2, 0.25) is 0 Å². The minimum atomic E-state index is -0.914.